The molecule has 1 heterocycles. The van der Waals surface area contributed by atoms with Gasteiger partial charge < -0.3 is 9.47 Å². The topological polar surface area (TPSA) is 74.2 Å². The van der Waals surface area contributed by atoms with Crippen LogP contribution in [0, 0.1) is 0 Å². The summed E-state index contributed by atoms with van der Waals surface area (Å²) in [4.78, 5) is 23.9. The molecule has 6 nitrogen and oxygen atoms in total. The van der Waals surface area contributed by atoms with Gasteiger partial charge in [-0.2, -0.15) is 15.0 Å². The number of hydrogen-bond acceptors (Lipinski definition) is 7. The van der Waals surface area contributed by atoms with Gasteiger partial charge in [-0.3, -0.25) is 4.79 Å². The van der Waals surface area contributed by atoms with Gasteiger partial charge in [0.2, 0.25) is 10.6 Å². The van der Waals surface area contributed by atoms with Gasteiger partial charge in [-0.15, -0.1) is 11.8 Å². The average molecular weight is 388 g/mol. The second-order valence-corrected chi connectivity index (χ2v) is 7.33. The van der Waals surface area contributed by atoms with Gasteiger partial charge in [0.1, 0.15) is 11.4 Å². The molecule has 0 aliphatic heterocycles. The number of ether oxygens (including phenoxy) is 2. The number of carbonyl (C=O) groups excluding carboxylic acids is 1. The summed E-state index contributed by atoms with van der Waals surface area (Å²) in [6.45, 7) is 5.50. The number of hydrogen-bond donors (Lipinski definition) is 0. The first-order chi connectivity index (χ1) is 11.2. The zero-order valence-corrected chi connectivity index (χ0v) is 15.6. The normalized spacial score (nSPS) is 11.2. The van der Waals surface area contributed by atoms with Crippen LogP contribution in [-0.4, -0.2) is 32.3 Å². The maximum Gasteiger partial charge on any atom is 0.327 e. The standard InChI is InChI=1S/C15H15Cl2N3O3S/c1-15(2,3)23-11(21)8-24-10-6-4-9(5-7-10)22-14-19-12(16)18-13(17)20-14/h4-7H,8H2,1-3H3. The lowest BCUT2D eigenvalue weighted by atomic mass is 10.2. The van der Waals surface area contributed by atoms with E-state index in [0.717, 1.165) is 4.90 Å². The largest absolute Gasteiger partial charge is 0.459 e. The molecule has 2 aromatic rings. The molecule has 0 saturated carbocycles. The number of rotatable bonds is 5. The van der Waals surface area contributed by atoms with E-state index in [-0.39, 0.29) is 28.3 Å². The quantitative estimate of drug-likeness (QED) is 0.555. The lowest BCUT2D eigenvalue weighted by Crippen LogP contribution is -2.24. The molecule has 1 aromatic carbocycles. The van der Waals surface area contributed by atoms with E-state index >= 15 is 0 Å². The SMILES string of the molecule is CC(C)(C)OC(=O)CSc1ccc(Oc2nc(Cl)nc(Cl)n2)cc1. The molecule has 0 atom stereocenters. The van der Waals surface area contributed by atoms with E-state index in [1.807, 2.05) is 32.9 Å². The summed E-state index contributed by atoms with van der Waals surface area (Å²) in [7, 11) is 0. The van der Waals surface area contributed by atoms with Crippen molar-refractivity contribution in [3.8, 4) is 11.8 Å². The molecule has 0 radical (unpaired) electrons. The molecule has 0 N–H and O–H groups in total. The highest BCUT2D eigenvalue weighted by molar-refractivity contribution is 8.00. The third-order valence-electron chi connectivity index (χ3n) is 2.37. The summed E-state index contributed by atoms with van der Waals surface area (Å²) < 4.78 is 10.7. The van der Waals surface area contributed by atoms with E-state index in [1.165, 1.54) is 11.8 Å². The highest BCUT2D eigenvalue weighted by Crippen LogP contribution is 2.25. The maximum atomic E-state index is 11.7. The fraction of sp³-hybridized carbons (Fsp3) is 0.333. The second kappa shape index (κ2) is 8.00. The number of aromatic nitrogens is 3. The third-order valence-corrected chi connectivity index (χ3v) is 3.69. The van der Waals surface area contributed by atoms with Gasteiger partial charge >= 0.3 is 12.0 Å². The zero-order valence-electron chi connectivity index (χ0n) is 13.2. The van der Waals surface area contributed by atoms with Crippen LogP contribution in [0.25, 0.3) is 0 Å². The van der Waals surface area contributed by atoms with Gasteiger partial charge in [-0.05, 0) is 68.2 Å². The molecule has 0 fully saturated rings. The van der Waals surface area contributed by atoms with Crippen molar-refractivity contribution in [2.75, 3.05) is 5.75 Å². The van der Waals surface area contributed by atoms with Gasteiger partial charge in [-0.25, -0.2) is 0 Å². The van der Waals surface area contributed by atoms with Crippen molar-refractivity contribution in [3.05, 3.63) is 34.8 Å². The lowest BCUT2D eigenvalue weighted by molar-refractivity contribution is -0.151. The molecule has 0 aliphatic rings. The van der Waals surface area contributed by atoms with Crippen LogP contribution in [0.15, 0.2) is 29.2 Å². The third kappa shape index (κ3) is 6.51. The van der Waals surface area contributed by atoms with Crippen LogP contribution in [0.1, 0.15) is 20.8 Å². The summed E-state index contributed by atoms with van der Waals surface area (Å²) in [6, 6.07) is 7.09. The van der Waals surface area contributed by atoms with Gasteiger partial charge in [0.15, 0.2) is 0 Å². The van der Waals surface area contributed by atoms with Crippen LogP contribution < -0.4 is 4.74 Å². The maximum absolute atomic E-state index is 11.7. The smallest absolute Gasteiger partial charge is 0.327 e. The van der Waals surface area contributed by atoms with Crippen molar-refractivity contribution in [1.29, 1.82) is 0 Å². The molecule has 9 heteroatoms. The van der Waals surface area contributed by atoms with Crippen molar-refractivity contribution in [2.24, 2.45) is 0 Å². The van der Waals surface area contributed by atoms with Crippen LogP contribution in [0.4, 0.5) is 0 Å². The number of carbonyl (C=O) groups is 1. The zero-order chi connectivity index (χ0) is 17.7. The minimum absolute atomic E-state index is 0.00848. The van der Waals surface area contributed by atoms with Gasteiger partial charge in [-0.1, -0.05) is 0 Å². The number of thioether (sulfide) groups is 1. The molecule has 0 saturated heterocycles. The molecule has 0 unspecified atom stereocenters. The summed E-state index contributed by atoms with van der Waals surface area (Å²) >= 11 is 12.7. The van der Waals surface area contributed by atoms with E-state index in [2.05, 4.69) is 15.0 Å². The number of esters is 1. The summed E-state index contributed by atoms with van der Waals surface area (Å²) in [5.41, 5.74) is -0.484. The average Bonchev–Trinajstić information content (AvgIpc) is 2.43. The van der Waals surface area contributed by atoms with Crippen LogP contribution in [-0.2, 0) is 9.53 Å². The van der Waals surface area contributed by atoms with Gasteiger partial charge in [0.05, 0.1) is 5.75 Å². The van der Waals surface area contributed by atoms with Crippen molar-refractivity contribution in [1.82, 2.24) is 15.0 Å². The van der Waals surface area contributed by atoms with Crippen molar-refractivity contribution >= 4 is 40.9 Å². The second-order valence-electron chi connectivity index (χ2n) is 5.60. The van der Waals surface area contributed by atoms with E-state index in [1.54, 1.807) is 12.1 Å². The van der Waals surface area contributed by atoms with Crippen molar-refractivity contribution in [3.63, 3.8) is 0 Å². The first-order valence-electron chi connectivity index (χ1n) is 6.91. The van der Waals surface area contributed by atoms with Crippen molar-refractivity contribution in [2.45, 2.75) is 31.3 Å². The van der Waals surface area contributed by atoms with E-state index < -0.39 is 5.60 Å². The molecule has 0 spiro atoms. The van der Waals surface area contributed by atoms with Crippen molar-refractivity contribution < 1.29 is 14.3 Å². The Morgan fingerprint density at radius 3 is 2.21 bits per heavy atom. The highest BCUT2D eigenvalue weighted by Gasteiger charge is 2.16. The van der Waals surface area contributed by atoms with Crippen LogP contribution in [0.2, 0.25) is 10.6 Å². The van der Waals surface area contributed by atoms with Crippen LogP contribution in [0.5, 0.6) is 11.8 Å². The van der Waals surface area contributed by atoms with E-state index in [4.69, 9.17) is 32.7 Å². The number of benzene rings is 1. The molecule has 1 aromatic heterocycles. The minimum Gasteiger partial charge on any atom is -0.459 e. The number of halogens is 2. The first-order valence-corrected chi connectivity index (χ1v) is 8.65. The van der Waals surface area contributed by atoms with Gasteiger partial charge in [0, 0.05) is 4.90 Å². The minimum atomic E-state index is -0.484. The van der Waals surface area contributed by atoms with E-state index in [9.17, 15) is 4.79 Å². The highest BCUT2D eigenvalue weighted by atomic mass is 35.5. The van der Waals surface area contributed by atoms with E-state index in [0.29, 0.717) is 5.75 Å². The predicted molar refractivity (Wildman–Crippen MR) is 92.9 cm³/mol. The molecule has 128 valence electrons. The number of nitrogens with zero attached hydrogens (tertiary/aromatic N) is 3. The Labute approximate surface area is 153 Å². The van der Waals surface area contributed by atoms with Crippen LogP contribution in [0.3, 0.4) is 0 Å². The monoisotopic (exact) mass is 387 g/mol. The molecule has 0 amide bonds. The van der Waals surface area contributed by atoms with Gasteiger partial charge in [0.25, 0.3) is 0 Å². The molecule has 0 aliphatic carbocycles. The van der Waals surface area contributed by atoms with Crippen LogP contribution >= 0.6 is 35.0 Å². The Morgan fingerprint density at radius 2 is 1.67 bits per heavy atom. The Bertz CT molecular complexity index is 701. The molecular weight excluding hydrogens is 373 g/mol. The lowest BCUT2D eigenvalue weighted by Gasteiger charge is -2.19. The fourth-order valence-electron chi connectivity index (χ4n) is 1.58. The first kappa shape index (κ1) is 18.8. The Balaban J connectivity index is 1.92. The molecule has 0 bridgehead atoms. The predicted octanol–water partition coefficient (Wildman–Crippen LogP) is 4.40. The molecule has 24 heavy (non-hydrogen) atoms. The summed E-state index contributed by atoms with van der Waals surface area (Å²) in [5, 5.41) is -0.0935. The Morgan fingerprint density at radius 1 is 1.08 bits per heavy atom. The Kier molecular flexibility index (Phi) is 6.26. The molecule has 2 rings (SSSR count). The summed E-state index contributed by atoms with van der Waals surface area (Å²) in [6.07, 6.45) is 0. The fourth-order valence-corrected chi connectivity index (χ4v) is 2.60. The Hall–Kier alpha value is -1.57. The molecular formula is C15H15Cl2N3O3S. The summed E-state index contributed by atoms with van der Waals surface area (Å²) in [5.74, 6) is 0.480.